The van der Waals surface area contributed by atoms with Gasteiger partial charge in [0, 0.05) is 0 Å². The number of hydrogen-bond donors (Lipinski definition) is 0. The summed E-state index contributed by atoms with van der Waals surface area (Å²) in [6, 6.07) is 7.32. The number of aryl methyl sites for hydroxylation is 1. The van der Waals surface area contributed by atoms with Crippen LogP contribution in [0.1, 0.15) is 12.5 Å². The molecule has 0 saturated heterocycles. The average molecular weight is 357 g/mol. The van der Waals surface area contributed by atoms with Crippen molar-refractivity contribution in [3.63, 3.8) is 0 Å². The molecule has 1 heterocycles. The van der Waals surface area contributed by atoms with E-state index in [1.165, 1.54) is 16.5 Å². The predicted molar refractivity (Wildman–Crippen MR) is 74.4 cm³/mol. The SMILES string of the molecule is C[I-]c1cccc2c1c(C[C@@H](C)N(C)C)cn2C. The molecule has 1 aromatic heterocycles. The Bertz CT molecular complexity index is 543. The van der Waals surface area contributed by atoms with Crippen LogP contribution in [-0.4, -0.2) is 34.5 Å². The number of benzene rings is 1. The molecule has 0 unspecified atom stereocenters. The van der Waals surface area contributed by atoms with Gasteiger partial charge in [0.05, 0.1) is 0 Å². The minimum atomic E-state index is 0.135. The van der Waals surface area contributed by atoms with Gasteiger partial charge in [-0.25, -0.2) is 0 Å². The predicted octanol–water partition coefficient (Wildman–Crippen LogP) is -0.441. The van der Waals surface area contributed by atoms with Crippen molar-refractivity contribution < 1.29 is 21.2 Å². The number of halogens is 1. The van der Waals surface area contributed by atoms with E-state index in [1.54, 1.807) is 3.57 Å². The number of fused-ring (bicyclic) bond motifs is 1. The van der Waals surface area contributed by atoms with Crippen LogP contribution in [0.5, 0.6) is 0 Å². The summed E-state index contributed by atoms with van der Waals surface area (Å²) >= 11 is 0.135. The summed E-state index contributed by atoms with van der Waals surface area (Å²) in [6.45, 7) is 2.29. The Morgan fingerprint density at radius 1 is 1.33 bits per heavy atom. The molecule has 18 heavy (non-hydrogen) atoms. The average Bonchev–Trinajstić information content (AvgIpc) is 2.66. The van der Waals surface area contributed by atoms with Crippen LogP contribution in [0.4, 0.5) is 0 Å². The summed E-state index contributed by atoms with van der Waals surface area (Å²) in [6.07, 6.45) is 3.44. The molecule has 0 N–H and O–H groups in total. The second kappa shape index (κ2) is 5.61. The van der Waals surface area contributed by atoms with Crippen LogP contribution in [-0.2, 0) is 13.5 Å². The normalized spacial score (nSPS) is 13.7. The van der Waals surface area contributed by atoms with E-state index in [9.17, 15) is 0 Å². The van der Waals surface area contributed by atoms with Crippen LogP contribution in [0.3, 0.4) is 0 Å². The van der Waals surface area contributed by atoms with Gasteiger partial charge in [0.15, 0.2) is 0 Å². The molecular formula is C15H22IN2-. The molecule has 100 valence electrons. The molecule has 1 atom stereocenters. The zero-order chi connectivity index (χ0) is 13.3. The molecule has 0 spiro atoms. The third-order valence-electron chi connectivity index (χ3n) is 3.64. The molecule has 0 bridgehead atoms. The molecule has 0 aliphatic carbocycles. The van der Waals surface area contributed by atoms with Gasteiger partial charge < -0.3 is 0 Å². The van der Waals surface area contributed by atoms with Crippen LogP contribution in [0, 0.1) is 3.57 Å². The first-order chi connectivity index (χ1) is 8.54. The molecule has 1 aromatic carbocycles. The number of nitrogens with zero attached hydrogens (tertiary/aromatic N) is 2. The van der Waals surface area contributed by atoms with E-state index in [0.29, 0.717) is 6.04 Å². The zero-order valence-electron chi connectivity index (χ0n) is 11.9. The molecule has 2 aromatic rings. The van der Waals surface area contributed by atoms with E-state index >= 15 is 0 Å². The first-order valence-corrected chi connectivity index (χ1v) is 9.51. The summed E-state index contributed by atoms with van der Waals surface area (Å²) < 4.78 is 3.85. The quantitative estimate of drug-likeness (QED) is 0.532. The third-order valence-corrected chi connectivity index (χ3v) is 5.70. The van der Waals surface area contributed by atoms with Crippen molar-refractivity contribution in [3.05, 3.63) is 33.5 Å². The van der Waals surface area contributed by atoms with Gasteiger partial charge in [0.25, 0.3) is 0 Å². The second-order valence-electron chi connectivity index (χ2n) is 5.10. The van der Waals surface area contributed by atoms with Gasteiger partial charge in [0.2, 0.25) is 0 Å². The second-order valence-corrected chi connectivity index (χ2v) is 7.35. The van der Waals surface area contributed by atoms with Crippen molar-refractivity contribution in [1.29, 1.82) is 0 Å². The summed E-state index contributed by atoms with van der Waals surface area (Å²) in [5, 5.41) is 1.52. The van der Waals surface area contributed by atoms with E-state index in [4.69, 9.17) is 0 Å². The van der Waals surface area contributed by atoms with Crippen LogP contribution >= 0.6 is 0 Å². The van der Waals surface area contributed by atoms with E-state index in [2.05, 4.69) is 66.9 Å². The Kier molecular flexibility index (Phi) is 4.33. The zero-order valence-corrected chi connectivity index (χ0v) is 14.0. The maximum absolute atomic E-state index is 2.35. The Balaban J connectivity index is 2.50. The van der Waals surface area contributed by atoms with Crippen LogP contribution in [0.25, 0.3) is 10.9 Å². The third kappa shape index (κ3) is 2.57. The number of rotatable bonds is 4. The van der Waals surface area contributed by atoms with Gasteiger partial charge in [-0.1, -0.05) is 0 Å². The number of likely N-dealkylation sites (N-methyl/N-ethyl adjacent to an activating group) is 1. The van der Waals surface area contributed by atoms with Gasteiger partial charge >= 0.3 is 121 Å². The molecule has 0 saturated carbocycles. The summed E-state index contributed by atoms with van der Waals surface area (Å²) in [5.41, 5.74) is 2.89. The molecule has 2 rings (SSSR count). The monoisotopic (exact) mass is 357 g/mol. The van der Waals surface area contributed by atoms with Crippen molar-refractivity contribution in [3.8, 4) is 0 Å². The Morgan fingerprint density at radius 2 is 2.06 bits per heavy atom. The van der Waals surface area contributed by atoms with E-state index in [-0.39, 0.29) is 21.2 Å². The van der Waals surface area contributed by atoms with Gasteiger partial charge in [0.1, 0.15) is 0 Å². The van der Waals surface area contributed by atoms with Crippen molar-refractivity contribution in [1.82, 2.24) is 9.47 Å². The van der Waals surface area contributed by atoms with Crippen LogP contribution in [0.2, 0.25) is 0 Å². The summed E-state index contributed by atoms with van der Waals surface area (Å²) in [5.74, 6) is 0. The Morgan fingerprint density at radius 3 is 2.67 bits per heavy atom. The molecule has 3 heteroatoms. The standard InChI is InChI=1S/C15H22IN2/c1-11(17(3)4)9-12-10-18(5)14-8-6-7-13(16-2)15(12)14/h6-8,10-11H,9H2,1-5H3/q-1/t11-/m1/s1. The fourth-order valence-corrected chi connectivity index (χ4v) is 4.03. The molecule has 0 fully saturated rings. The van der Waals surface area contributed by atoms with E-state index < -0.39 is 0 Å². The molecular weight excluding hydrogens is 335 g/mol. The van der Waals surface area contributed by atoms with Gasteiger partial charge in [-0.2, -0.15) is 0 Å². The summed E-state index contributed by atoms with van der Waals surface area (Å²) in [7, 11) is 6.47. The molecule has 0 amide bonds. The van der Waals surface area contributed by atoms with Gasteiger partial charge in [-0.15, -0.1) is 0 Å². The van der Waals surface area contributed by atoms with Crippen molar-refractivity contribution in [2.75, 3.05) is 19.0 Å². The molecule has 0 aliphatic rings. The molecule has 2 nitrogen and oxygen atoms in total. The van der Waals surface area contributed by atoms with Crippen LogP contribution in [0.15, 0.2) is 24.4 Å². The van der Waals surface area contributed by atoms with E-state index in [1.807, 2.05) is 0 Å². The Labute approximate surface area is 120 Å². The fraction of sp³-hybridized carbons (Fsp3) is 0.467. The van der Waals surface area contributed by atoms with Crippen molar-refractivity contribution in [2.24, 2.45) is 7.05 Å². The van der Waals surface area contributed by atoms with Gasteiger partial charge in [-0.3, -0.25) is 0 Å². The van der Waals surface area contributed by atoms with Crippen LogP contribution < -0.4 is 21.2 Å². The minimum absolute atomic E-state index is 0.135. The Hall–Kier alpha value is -0.550. The first kappa shape index (κ1) is 13.9. The molecule has 0 aliphatic heterocycles. The fourth-order valence-electron chi connectivity index (χ4n) is 2.31. The van der Waals surface area contributed by atoms with E-state index in [0.717, 1.165) is 6.42 Å². The topological polar surface area (TPSA) is 8.17 Å². The summed E-state index contributed by atoms with van der Waals surface area (Å²) in [4.78, 5) is 4.64. The first-order valence-electron chi connectivity index (χ1n) is 6.27. The number of aromatic nitrogens is 1. The van der Waals surface area contributed by atoms with Crippen molar-refractivity contribution in [2.45, 2.75) is 19.4 Å². The van der Waals surface area contributed by atoms with Crippen molar-refractivity contribution >= 4 is 10.9 Å². The number of hydrogen-bond acceptors (Lipinski definition) is 1. The van der Waals surface area contributed by atoms with Gasteiger partial charge in [-0.05, 0) is 0 Å². The molecule has 0 radical (unpaired) electrons. The number of alkyl halides is 1. The maximum atomic E-state index is 2.35.